The first-order chi connectivity index (χ1) is 6.62. The Hall–Kier alpha value is -1.55. The molecule has 0 bridgehead atoms. The van der Waals surface area contributed by atoms with E-state index >= 15 is 0 Å². The highest BCUT2D eigenvalue weighted by Gasteiger charge is 2.46. The van der Waals surface area contributed by atoms with E-state index in [1.54, 1.807) is 18.2 Å². The predicted molar refractivity (Wildman–Crippen MR) is 52.9 cm³/mol. The van der Waals surface area contributed by atoms with Crippen LogP contribution in [0.4, 0.5) is 5.69 Å². The standard InChI is InChI=1S/C10H12N2O2/c11-10(5-6-10)9(14)12-7-3-1-2-4-8(7)13/h1-4,13H,5-6,11H2,(H,12,14). The number of anilines is 1. The van der Waals surface area contributed by atoms with Crippen LogP contribution in [0.3, 0.4) is 0 Å². The second kappa shape index (κ2) is 2.99. The van der Waals surface area contributed by atoms with Gasteiger partial charge in [-0.2, -0.15) is 0 Å². The monoisotopic (exact) mass is 192 g/mol. The van der Waals surface area contributed by atoms with Crippen LogP contribution >= 0.6 is 0 Å². The van der Waals surface area contributed by atoms with Crippen molar-refractivity contribution in [1.82, 2.24) is 0 Å². The molecule has 0 radical (unpaired) electrons. The lowest BCUT2D eigenvalue weighted by atomic mass is 10.2. The maximum Gasteiger partial charge on any atom is 0.244 e. The molecule has 4 N–H and O–H groups in total. The summed E-state index contributed by atoms with van der Waals surface area (Å²) in [4.78, 5) is 11.5. The highest BCUT2D eigenvalue weighted by molar-refractivity contribution is 6.00. The number of nitrogens with two attached hydrogens (primary N) is 1. The molecule has 1 aliphatic carbocycles. The lowest BCUT2D eigenvalue weighted by Crippen LogP contribution is -2.37. The lowest BCUT2D eigenvalue weighted by molar-refractivity contribution is -0.118. The van der Waals surface area contributed by atoms with Crippen molar-refractivity contribution < 1.29 is 9.90 Å². The van der Waals surface area contributed by atoms with Crippen molar-refractivity contribution in [3.8, 4) is 5.75 Å². The molecular weight excluding hydrogens is 180 g/mol. The van der Waals surface area contributed by atoms with Crippen LogP contribution in [0, 0.1) is 0 Å². The van der Waals surface area contributed by atoms with E-state index in [4.69, 9.17) is 5.73 Å². The number of phenols is 1. The molecule has 2 rings (SSSR count). The zero-order valence-corrected chi connectivity index (χ0v) is 7.66. The molecule has 4 nitrogen and oxygen atoms in total. The van der Waals surface area contributed by atoms with Crippen molar-refractivity contribution >= 4 is 11.6 Å². The number of aromatic hydroxyl groups is 1. The molecule has 0 saturated heterocycles. The number of nitrogens with one attached hydrogen (secondary N) is 1. The molecule has 1 aromatic rings. The highest BCUT2D eigenvalue weighted by Crippen LogP contribution is 2.34. The van der Waals surface area contributed by atoms with Crippen LogP contribution in [0.25, 0.3) is 0 Å². The summed E-state index contributed by atoms with van der Waals surface area (Å²) >= 11 is 0. The predicted octanol–water partition coefficient (Wildman–Crippen LogP) is 0.822. The van der Waals surface area contributed by atoms with E-state index in [2.05, 4.69) is 5.32 Å². The number of hydrogen-bond donors (Lipinski definition) is 3. The minimum absolute atomic E-state index is 0.0603. The Bertz CT molecular complexity index is 372. The summed E-state index contributed by atoms with van der Waals surface area (Å²) in [5.41, 5.74) is 5.40. The Morgan fingerprint density at radius 2 is 2.07 bits per heavy atom. The minimum Gasteiger partial charge on any atom is -0.506 e. The van der Waals surface area contributed by atoms with Crippen LogP contribution in [-0.4, -0.2) is 16.6 Å². The normalized spacial score (nSPS) is 17.5. The van der Waals surface area contributed by atoms with Gasteiger partial charge >= 0.3 is 0 Å². The molecular formula is C10H12N2O2. The fourth-order valence-corrected chi connectivity index (χ4v) is 1.19. The van der Waals surface area contributed by atoms with Gasteiger partial charge in [-0.05, 0) is 25.0 Å². The van der Waals surface area contributed by atoms with Gasteiger partial charge in [0.1, 0.15) is 5.75 Å². The quantitative estimate of drug-likeness (QED) is 0.607. The first-order valence-electron chi connectivity index (χ1n) is 4.50. The second-order valence-corrected chi connectivity index (χ2v) is 3.63. The number of carbonyl (C=O) groups is 1. The van der Waals surface area contributed by atoms with Crippen LogP contribution in [0.5, 0.6) is 5.75 Å². The van der Waals surface area contributed by atoms with Gasteiger partial charge < -0.3 is 16.2 Å². The SMILES string of the molecule is NC1(C(=O)Nc2ccccc2O)CC1. The van der Waals surface area contributed by atoms with Crippen LogP contribution in [0.1, 0.15) is 12.8 Å². The van der Waals surface area contributed by atoms with Gasteiger partial charge in [-0.15, -0.1) is 0 Å². The summed E-state index contributed by atoms with van der Waals surface area (Å²) in [7, 11) is 0. The topological polar surface area (TPSA) is 75.4 Å². The van der Waals surface area contributed by atoms with Gasteiger partial charge in [-0.25, -0.2) is 0 Å². The summed E-state index contributed by atoms with van der Waals surface area (Å²) in [5.74, 6) is -0.163. The van der Waals surface area contributed by atoms with E-state index in [-0.39, 0.29) is 11.7 Å². The van der Waals surface area contributed by atoms with Gasteiger partial charge in [-0.3, -0.25) is 4.79 Å². The van der Waals surface area contributed by atoms with Gasteiger partial charge in [0.25, 0.3) is 0 Å². The molecule has 0 unspecified atom stereocenters. The van der Waals surface area contributed by atoms with Crippen LogP contribution in [0.2, 0.25) is 0 Å². The third kappa shape index (κ3) is 1.56. The largest absolute Gasteiger partial charge is 0.506 e. The lowest BCUT2D eigenvalue weighted by Gasteiger charge is -2.10. The smallest absolute Gasteiger partial charge is 0.244 e. The fourth-order valence-electron chi connectivity index (χ4n) is 1.19. The molecule has 0 atom stereocenters. The van der Waals surface area contributed by atoms with Crippen molar-refractivity contribution in [2.24, 2.45) is 5.73 Å². The first-order valence-corrected chi connectivity index (χ1v) is 4.50. The van der Waals surface area contributed by atoms with E-state index in [0.29, 0.717) is 18.5 Å². The Morgan fingerprint density at radius 3 is 2.64 bits per heavy atom. The zero-order chi connectivity index (χ0) is 10.2. The zero-order valence-electron chi connectivity index (χ0n) is 7.66. The van der Waals surface area contributed by atoms with E-state index in [9.17, 15) is 9.90 Å². The van der Waals surface area contributed by atoms with Gasteiger partial charge in [-0.1, -0.05) is 12.1 Å². The number of para-hydroxylation sites is 2. The molecule has 74 valence electrons. The molecule has 0 aromatic heterocycles. The maximum absolute atomic E-state index is 11.5. The number of carbonyl (C=O) groups excluding carboxylic acids is 1. The molecule has 14 heavy (non-hydrogen) atoms. The Morgan fingerprint density at radius 1 is 1.43 bits per heavy atom. The molecule has 4 heteroatoms. The Balaban J connectivity index is 2.11. The molecule has 1 amide bonds. The summed E-state index contributed by atoms with van der Waals surface area (Å²) in [5, 5.41) is 12.0. The number of hydrogen-bond acceptors (Lipinski definition) is 3. The summed E-state index contributed by atoms with van der Waals surface area (Å²) in [6, 6.07) is 6.59. The molecule has 0 heterocycles. The van der Waals surface area contributed by atoms with Crippen LogP contribution in [0.15, 0.2) is 24.3 Å². The Labute approximate surface area is 81.7 Å². The van der Waals surface area contributed by atoms with Crippen molar-refractivity contribution in [1.29, 1.82) is 0 Å². The minimum atomic E-state index is -0.706. The van der Waals surface area contributed by atoms with Gasteiger partial charge in [0.15, 0.2) is 0 Å². The first kappa shape index (κ1) is 9.02. The third-order valence-electron chi connectivity index (χ3n) is 2.39. The number of rotatable bonds is 2. The number of benzene rings is 1. The van der Waals surface area contributed by atoms with Gasteiger partial charge in [0.2, 0.25) is 5.91 Å². The Kier molecular flexibility index (Phi) is 1.93. The average molecular weight is 192 g/mol. The summed E-state index contributed by atoms with van der Waals surface area (Å²) in [6.07, 6.45) is 1.43. The average Bonchev–Trinajstić information content (AvgIpc) is 2.89. The molecule has 1 fully saturated rings. The molecule has 0 spiro atoms. The van der Waals surface area contributed by atoms with Crippen molar-refractivity contribution in [2.45, 2.75) is 18.4 Å². The van der Waals surface area contributed by atoms with E-state index in [0.717, 1.165) is 0 Å². The summed E-state index contributed by atoms with van der Waals surface area (Å²) < 4.78 is 0. The van der Waals surface area contributed by atoms with Crippen molar-refractivity contribution in [2.75, 3.05) is 5.32 Å². The van der Waals surface area contributed by atoms with Gasteiger partial charge in [0, 0.05) is 0 Å². The third-order valence-corrected chi connectivity index (χ3v) is 2.39. The fraction of sp³-hybridized carbons (Fsp3) is 0.300. The molecule has 1 aromatic carbocycles. The van der Waals surface area contributed by atoms with Gasteiger partial charge in [0.05, 0.1) is 11.2 Å². The van der Waals surface area contributed by atoms with Crippen molar-refractivity contribution in [3.63, 3.8) is 0 Å². The molecule has 1 aliphatic rings. The number of amides is 1. The van der Waals surface area contributed by atoms with Crippen LogP contribution < -0.4 is 11.1 Å². The number of phenolic OH excluding ortho intramolecular Hbond substituents is 1. The molecule has 1 saturated carbocycles. The maximum atomic E-state index is 11.5. The second-order valence-electron chi connectivity index (χ2n) is 3.63. The van der Waals surface area contributed by atoms with Crippen LogP contribution in [-0.2, 0) is 4.79 Å². The molecule has 0 aliphatic heterocycles. The van der Waals surface area contributed by atoms with Crippen molar-refractivity contribution in [3.05, 3.63) is 24.3 Å². The summed E-state index contributed by atoms with van der Waals surface area (Å²) in [6.45, 7) is 0. The van der Waals surface area contributed by atoms with E-state index in [1.807, 2.05) is 0 Å². The van der Waals surface area contributed by atoms with E-state index in [1.165, 1.54) is 6.07 Å². The van der Waals surface area contributed by atoms with E-state index < -0.39 is 5.54 Å². The highest BCUT2D eigenvalue weighted by atomic mass is 16.3.